The van der Waals surface area contributed by atoms with Gasteiger partial charge in [-0.1, -0.05) is 49.6 Å². The van der Waals surface area contributed by atoms with Gasteiger partial charge in [-0.05, 0) is 43.1 Å². The number of hydrogen-bond acceptors (Lipinski definition) is 4. The highest BCUT2D eigenvalue weighted by molar-refractivity contribution is 5.64. The summed E-state index contributed by atoms with van der Waals surface area (Å²) < 4.78 is 1.83. The minimum Gasteiger partial charge on any atom is -0.465 e. The van der Waals surface area contributed by atoms with Crippen molar-refractivity contribution in [3.63, 3.8) is 0 Å². The summed E-state index contributed by atoms with van der Waals surface area (Å²) in [5.74, 6) is 0.978. The zero-order chi connectivity index (χ0) is 20.3. The molecule has 1 aromatic heterocycles. The Kier molecular flexibility index (Phi) is 5.85. The molecule has 1 saturated carbocycles. The van der Waals surface area contributed by atoms with E-state index in [1.54, 1.807) is 6.33 Å². The Bertz CT molecular complexity index is 810. The quantitative estimate of drug-likeness (QED) is 0.804. The van der Waals surface area contributed by atoms with Crippen molar-refractivity contribution in [2.45, 2.75) is 57.1 Å². The van der Waals surface area contributed by atoms with E-state index < -0.39 is 11.7 Å². The lowest BCUT2D eigenvalue weighted by Crippen LogP contribution is -2.39. The topological polar surface area (TPSA) is 91.5 Å². The van der Waals surface area contributed by atoms with Crippen LogP contribution in [0.4, 0.5) is 4.79 Å². The fourth-order valence-corrected chi connectivity index (χ4v) is 4.89. The Hall–Kier alpha value is -2.41. The van der Waals surface area contributed by atoms with E-state index in [0.29, 0.717) is 31.4 Å². The van der Waals surface area contributed by atoms with Gasteiger partial charge in [-0.3, -0.25) is 4.68 Å². The van der Waals surface area contributed by atoms with Crippen LogP contribution in [0.25, 0.3) is 0 Å². The third-order valence-electron chi connectivity index (χ3n) is 6.62. The molecule has 1 aliphatic carbocycles. The Morgan fingerprint density at radius 1 is 1.07 bits per heavy atom. The number of benzene rings is 1. The van der Waals surface area contributed by atoms with Gasteiger partial charge in [-0.2, -0.15) is 5.10 Å². The summed E-state index contributed by atoms with van der Waals surface area (Å²) in [6.07, 6.45) is 7.97. The highest BCUT2D eigenvalue weighted by atomic mass is 16.4. The van der Waals surface area contributed by atoms with Crippen molar-refractivity contribution in [3.8, 4) is 0 Å². The van der Waals surface area contributed by atoms with Crippen LogP contribution in [-0.2, 0) is 12.1 Å². The van der Waals surface area contributed by atoms with E-state index in [1.165, 1.54) is 11.3 Å². The molecule has 0 radical (unpaired) electrons. The predicted octanol–water partition coefficient (Wildman–Crippen LogP) is 3.48. The number of hydrogen-bond donors (Lipinski definition) is 2. The number of likely N-dealkylation sites (tertiary alicyclic amines) is 1. The van der Waals surface area contributed by atoms with Crippen LogP contribution in [0.5, 0.6) is 0 Å². The minimum absolute atomic E-state index is 0.119. The first-order chi connectivity index (χ1) is 14.1. The molecule has 156 valence electrons. The smallest absolute Gasteiger partial charge is 0.407 e. The van der Waals surface area contributed by atoms with Crippen LogP contribution < -0.4 is 0 Å². The summed E-state index contributed by atoms with van der Waals surface area (Å²) in [5.41, 5.74) is -0.306. The molecule has 0 spiro atoms. The number of carboxylic acid groups (broad SMARTS) is 1. The maximum absolute atomic E-state index is 11.9. The molecule has 1 aromatic carbocycles. The van der Waals surface area contributed by atoms with Crippen LogP contribution in [0.1, 0.15) is 56.3 Å². The molecular formula is C22H30N4O3. The Morgan fingerprint density at radius 2 is 1.76 bits per heavy atom. The number of aliphatic hydroxyl groups is 1. The molecule has 7 nitrogen and oxygen atoms in total. The molecule has 2 N–H and O–H groups in total. The van der Waals surface area contributed by atoms with Crippen LogP contribution in [0.2, 0.25) is 0 Å². The molecule has 2 aromatic rings. The van der Waals surface area contributed by atoms with Gasteiger partial charge < -0.3 is 15.1 Å². The average molecular weight is 399 g/mol. The zero-order valence-corrected chi connectivity index (χ0v) is 16.8. The molecule has 2 heterocycles. The summed E-state index contributed by atoms with van der Waals surface area (Å²) in [7, 11) is 0. The molecule has 1 saturated heterocycles. The maximum atomic E-state index is 11.9. The highest BCUT2D eigenvalue weighted by Crippen LogP contribution is 2.42. The molecule has 0 bridgehead atoms. The van der Waals surface area contributed by atoms with Crippen molar-refractivity contribution in [3.05, 3.63) is 48.0 Å². The Morgan fingerprint density at radius 3 is 2.41 bits per heavy atom. The molecule has 1 aliphatic heterocycles. The summed E-state index contributed by atoms with van der Waals surface area (Å²) in [6.45, 7) is 1.84. The average Bonchev–Trinajstić information content (AvgIpc) is 3.24. The van der Waals surface area contributed by atoms with E-state index in [0.717, 1.165) is 44.1 Å². The second-order valence-electron chi connectivity index (χ2n) is 8.47. The van der Waals surface area contributed by atoms with E-state index in [-0.39, 0.29) is 5.92 Å². The van der Waals surface area contributed by atoms with Crippen LogP contribution in [0.3, 0.4) is 0 Å². The van der Waals surface area contributed by atoms with Crippen molar-refractivity contribution in [2.24, 2.45) is 11.8 Å². The normalized spacial score (nSPS) is 21.1. The van der Waals surface area contributed by atoms with Gasteiger partial charge in [0.05, 0.1) is 0 Å². The Labute approximate surface area is 171 Å². The molecule has 4 rings (SSSR count). The van der Waals surface area contributed by atoms with Gasteiger partial charge in [0.25, 0.3) is 0 Å². The largest absolute Gasteiger partial charge is 0.465 e. The van der Waals surface area contributed by atoms with E-state index in [9.17, 15) is 9.90 Å². The first-order valence-corrected chi connectivity index (χ1v) is 10.7. The number of aromatic nitrogens is 3. The molecule has 1 atom stereocenters. The maximum Gasteiger partial charge on any atom is 0.407 e. The lowest BCUT2D eigenvalue weighted by molar-refractivity contribution is -0.00865. The summed E-state index contributed by atoms with van der Waals surface area (Å²) >= 11 is 0. The third-order valence-corrected chi connectivity index (χ3v) is 6.62. The van der Waals surface area contributed by atoms with Gasteiger partial charge in [-0.15, -0.1) is 0 Å². The standard InChI is InChI=1S/C22H30N4O3/c27-21(28)25-13-11-17(12-14-25)15-26-16-23-20(24-26)22(29,18-7-3-1-4-8-18)19-9-5-2-6-10-19/h1,3-4,7-8,16-17,19,29H,2,5-6,9-15H2,(H,27,28)/t22-/m0/s1. The van der Waals surface area contributed by atoms with Gasteiger partial charge in [0.1, 0.15) is 6.33 Å². The van der Waals surface area contributed by atoms with Crippen molar-refractivity contribution < 1.29 is 15.0 Å². The van der Waals surface area contributed by atoms with Crippen LogP contribution >= 0.6 is 0 Å². The first-order valence-electron chi connectivity index (χ1n) is 10.7. The third kappa shape index (κ3) is 4.15. The van der Waals surface area contributed by atoms with Gasteiger partial charge in [-0.25, -0.2) is 9.78 Å². The fraction of sp³-hybridized carbons (Fsp3) is 0.591. The van der Waals surface area contributed by atoms with E-state index in [4.69, 9.17) is 10.2 Å². The summed E-state index contributed by atoms with van der Waals surface area (Å²) in [5, 5.41) is 25.7. The van der Waals surface area contributed by atoms with Gasteiger partial charge in [0, 0.05) is 19.6 Å². The first kappa shape index (κ1) is 19.9. The molecule has 7 heteroatoms. The molecular weight excluding hydrogens is 368 g/mol. The Balaban J connectivity index is 1.53. The number of amides is 1. The second kappa shape index (κ2) is 8.53. The van der Waals surface area contributed by atoms with Gasteiger partial charge in [0.2, 0.25) is 0 Å². The second-order valence-corrected chi connectivity index (χ2v) is 8.47. The van der Waals surface area contributed by atoms with Gasteiger partial charge in [0.15, 0.2) is 11.4 Å². The van der Waals surface area contributed by atoms with Crippen molar-refractivity contribution in [2.75, 3.05) is 13.1 Å². The van der Waals surface area contributed by atoms with Crippen molar-refractivity contribution in [1.29, 1.82) is 0 Å². The van der Waals surface area contributed by atoms with Crippen molar-refractivity contribution in [1.82, 2.24) is 19.7 Å². The number of carbonyl (C=O) groups is 1. The molecule has 2 fully saturated rings. The monoisotopic (exact) mass is 398 g/mol. The van der Waals surface area contributed by atoms with E-state index >= 15 is 0 Å². The van der Waals surface area contributed by atoms with Crippen LogP contribution in [0.15, 0.2) is 36.7 Å². The fourth-order valence-electron chi connectivity index (χ4n) is 4.89. The summed E-state index contributed by atoms with van der Waals surface area (Å²) in [6, 6.07) is 9.81. The van der Waals surface area contributed by atoms with Crippen LogP contribution in [-0.4, -0.2) is 49.1 Å². The number of nitrogens with zero attached hydrogens (tertiary/aromatic N) is 4. The highest BCUT2D eigenvalue weighted by Gasteiger charge is 2.43. The molecule has 29 heavy (non-hydrogen) atoms. The molecule has 1 amide bonds. The van der Waals surface area contributed by atoms with Crippen molar-refractivity contribution >= 4 is 6.09 Å². The number of piperidine rings is 1. The zero-order valence-electron chi connectivity index (χ0n) is 16.8. The number of rotatable bonds is 5. The van der Waals surface area contributed by atoms with Crippen LogP contribution in [0, 0.1) is 11.8 Å². The SMILES string of the molecule is O=C(O)N1CCC(Cn2cnc([C@](O)(c3ccccc3)C3CCCCC3)n2)CC1. The van der Waals surface area contributed by atoms with E-state index in [2.05, 4.69) is 4.98 Å². The minimum atomic E-state index is -1.17. The lowest BCUT2D eigenvalue weighted by Gasteiger charge is -2.37. The lowest BCUT2D eigenvalue weighted by atomic mass is 9.73. The molecule has 2 aliphatic rings. The molecule has 0 unspecified atom stereocenters. The predicted molar refractivity (Wildman–Crippen MR) is 108 cm³/mol. The summed E-state index contributed by atoms with van der Waals surface area (Å²) in [4.78, 5) is 17.1. The van der Waals surface area contributed by atoms with E-state index in [1.807, 2.05) is 35.0 Å². The van der Waals surface area contributed by atoms with Gasteiger partial charge >= 0.3 is 6.09 Å².